The molecule has 0 saturated carbocycles. The zero-order valence-electron chi connectivity index (χ0n) is 8.95. The molecule has 1 heterocycles. The minimum absolute atomic E-state index is 0. The summed E-state index contributed by atoms with van der Waals surface area (Å²) in [5, 5.41) is -0.375. The smallest absolute Gasteiger partial charge is 0.519 e. The Balaban J connectivity index is 0.00000225. The Morgan fingerprint density at radius 3 is 2.62 bits per heavy atom. The second kappa shape index (κ2) is 7.40. The molecule has 0 aliphatic heterocycles. The summed E-state index contributed by atoms with van der Waals surface area (Å²) in [5.74, 6) is 0.533. The lowest BCUT2D eigenvalue weighted by molar-refractivity contribution is -0.00000894. The van der Waals surface area contributed by atoms with Gasteiger partial charge < -0.3 is 26.0 Å². The number of carbonyl (C=O) groups excluding carboxylic acids is 1. The molecule has 0 fully saturated rings. The molecule has 1 aromatic rings. The van der Waals surface area contributed by atoms with Crippen LogP contribution in [0.1, 0.15) is 24.9 Å². The Labute approximate surface area is 103 Å². The lowest BCUT2D eigenvalue weighted by Gasteiger charge is -2.00. The van der Waals surface area contributed by atoms with Gasteiger partial charge in [-0.3, -0.25) is 0 Å². The number of ether oxygens (including phenoxy) is 1. The quantitative estimate of drug-likeness (QED) is 0.674. The van der Waals surface area contributed by atoms with Gasteiger partial charge in [0.15, 0.2) is 18.1 Å². The zero-order valence-corrected chi connectivity index (χ0v) is 10.5. The summed E-state index contributed by atoms with van der Waals surface area (Å²) in [6.07, 6.45) is 0.902. The topological polar surface area (TPSA) is 69.7 Å². The third-order valence-corrected chi connectivity index (χ3v) is 2.55. The number of thioether (sulfide) groups is 1. The minimum atomic E-state index is -0.778. The summed E-state index contributed by atoms with van der Waals surface area (Å²) in [5.41, 5.74) is 0. The molecule has 0 spiro atoms. The first-order valence-corrected chi connectivity index (χ1v) is 5.51. The largest absolute Gasteiger partial charge is 1.00 e. The summed E-state index contributed by atoms with van der Waals surface area (Å²) in [4.78, 5) is 21.7. The van der Waals surface area contributed by atoms with Crippen molar-refractivity contribution >= 4 is 17.1 Å². The van der Waals surface area contributed by atoms with E-state index in [4.69, 9.17) is 4.74 Å². The molecule has 0 N–H and O–H groups in total. The molecule has 0 aliphatic carbocycles. The fourth-order valence-corrected chi connectivity index (χ4v) is 1.37. The summed E-state index contributed by atoms with van der Waals surface area (Å²) in [6, 6.07) is 0. The number of aryl methyl sites for hydroxylation is 1. The molecule has 0 aromatic carbocycles. The van der Waals surface area contributed by atoms with Gasteiger partial charge in [-0.2, -0.15) is 0 Å². The van der Waals surface area contributed by atoms with Crippen LogP contribution in [0.3, 0.4) is 0 Å². The first-order valence-electron chi connectivity index (χ1n) is 4.52. The van der Waals surface area contributed by atoms with E-state index >= 15 is 0 Å². The number of halogens is 1. The van der Waals surface area contributed by atoms with Crippen LogP contribution in [-0.4, -0.2) is 11.1 Å². The number of hydrogen-bond acceptors (Lipinski definition) is 6. The van der Waals surface area contributed by atoms with Crippen LogP contribution >= 0.6 is 11.8 Å². The van der Waals surface area contributed by atoms with Gasteiger partial charge in [0.1, 0.15) is 0 Å². The monoisotopic (exact) mass is 267 g/mol. The molecule has 0 bridgehead atoms. The van der Waals surface area contributed by atoms with E-state index in [1.807, 2.05) is 6.92 Å². The van der Waals surface area contributed by atoms with Gasteiger partial charge in [-0.05, 0) is 25.1 Å². The number of hydrogen-bond donors (Lipinski definition) is 0. The van der Waals surface area contributed by atoms with Gasteiger partial charge in [-0.15, -0.1) is 0 Å². The van der Waals surface area contributed by atoms with Crippen LogP contribution in [0.5, 0.6) is 0 Å². The van der Waals surface area contributed by atoms with E-state index in [0.29, 0.717) is 11.5 Å². The molecule has 0 radical (unpaired) electrons. The van der Waals surface area contributed by atoms with Crippen molar-refractivity contribution in [2.24, 2.45) is 0 Å². The average Bonchev–Trinajstić information content (AvgIpc) is 2.51. The molecular formula is C9H12ClO5S-. The van der Waals surface area contributed by atoms with Gasteiger partial charge in [0.25, 0.3) is 0 Å². The molecule has 1 aromatic heterocycles. The van der Waals surface area contributed by atoms with Crippen LogP contribution < -0.4 is 18.2 Å². The lowest BCUT2D eigenvalue weighted by Crippen LogP contribution is -3.00. The SMILES string of the molecule is CCCSC(=O)OCc1oc(=O)oc1C.[Cl-]. The van der Waals surface area contributed by atoms with Crippen molar-refractivity contribution in [2.45, 2.75) is 26.9 Å². The molecule has 1 rings (SSSR count). The summed E-state index contributed by atoms with van der Waals surface area (Å²) in [7, 11) is 0. The second-order valence-electron chi connectivity index (χ2n) is 2.82. The Hall–Kier alpha value is -0.880. The molecule has 92 valence electrons. The molecule has 0 amide bonds. The normalized spacial score (nSPS) is 9.62. The fourth-order valence-electron chi connectivity index (χ4n) is 0.858. The van der Waals surface area contributed by atoms with E-state index in [2.05, 4.69) is 8.83 Å². The molecule has 16 heavy (non-hydrogen) atoms. The Morgan fingerprint density at radius 2 is 2.12 bits per heavy atom. The highest BCUT2D eigenvalue weighted by atomic mass is 35.5. The zero-order chi connectivity index (χ0) is 11.3. The third kappa shape index (κ3) is 4.76. The van der Waals surface area contributed by atoms with Crippen LogP contribution in [0.4, 0.5) is 4.79 Å². The maximum absolute atomic E-state index is 11.1. The van der Waals surface area contributed by atoms with Crippen molar-refractivity contribution in [2.75, 3.05) is 5.75 Å². The molecule has 5 nitrogen and oxygen atoms in total. The highest BCUT2D eigenvalue weighted by Crippen LogP contribution is 2.11. The summed E-state index contributed by atoms with van der Waals surface area (Å²) < 4.78 is 14.1. The van der Waals surface area contributed by atoms with E-state index in [-0.39, 0.29) is 30.1 Å². The van der Waals surface area contributed by atoms with E-state index in [9.17, 15) is 9.59 Å². The summed E-state index contributed by atoms with van der Waals surface area (Å²) >= 11 is 1.10. The fraction of sp³-hybridized carbons (Fsp3) is 0.556. The molecule has 0 aliphatic rings. The maximum atomic E-state index is 11.1. The summed E-state index contributed by atoms with van der Waals surface area (Å²) in [6.45, 7) is 3.49. The first-order chi connectivity index (χ1) is 7.13. The van der Waals surface area contributed by atoms with Gasteiger partial charge >= 0.3 is 11.1 Å². The van der Waals surface area contributed by atoms with E-state index in [1.165, 1.54) is 0 Å². The van der Waals surface area contributed by atoms with Crippen molar-refractivity contribution in [1.82, 2.24) is 0 Å². The Bertz CT molecular complexity index is 383. The Morgan fingerprint density at radius 1 is 1.44 bits per heavy atom. The predicted molar refractivity (Wildman–Crippen MR) is 54.9 cm³/mol. The number of carbonyl (C=O) groups is 1. The standard InChI is InChI=1S/C9H12O5S.ClH/c1-3-4-15-9(11)12-5-7-6(2)13-8(10)14-7;/h3-5H2,1-2H3;1H/p-1. The van der Waals surface area contributed by atoms with Crippen molar-refractivity contribution in [3.63, 3.8) is 0 Å². The van der Waals surface area contributed by atoms with Crippen molar-refractivity contribution < 1.29 is 30.8 Å². The van der Waals surface area contributed by atoms with Crippen molar-refractivity contribution in [3.8, 4) is 0 Å². The van der Waals surface area contributed by atoms with Gasteiger partial charge in [0.05, 0.1) is 0 Å². The van der Waals surface area contributed by atoms with Crippen LogP contribution in [0, 0.1) is 6.92 Å². The molecule has 0 atom stereocenters. The second-order valence-corrected chi connectivity index (χ2v) is 3.85. The molecule has 0 unspecified atom stereocenters. The van der Waals surface area contributed by atoms with E-state index < -0.39 is 5.82 Å². The molecule has 0 saturated heterocycles. The third-order valence-electron chi connectivity index (χ3n) is 1.58. The van der Waals surface area contributed by atoms with Crippen molar-refractivity contribution in [1.29, 1.82) is 0 Å². The van der Waals surface area contributed by atoms with Gasteiger partial charge in [0.2, 0.25) is 0 Å². The highest BCUT2D eigenvalue weighted by molar-refractivity contribution is 8.13. The molecule has 7 heteroatoms. The van der Waals surface area contributed by atoms with Crippen LogP contribution in [-0.2, 0) is 11.3 Å². The number of rotatable bonds is 4. The predicted octanol–water partition coefficient (Wildman–Crippen LogP) is -0.675. The lowest BCUT2D eigenvalue weighted by atomic mass is 10.4. The van der Waals surface area contributed by atoms with E-state index in [0.717, 1.165) is 18.2 Å². The highest BCUT2D eigenvalue weighted by Gasteiger charge is 2.11. The van der Waals surface area contributed by atoms with Gasteiger partial charge in [-0.1, -0.05) is 6.92 Å². The first kappa shape index (κ1) is 15.1. The van der Waals surface area contributed by atoms with E-state index in [1.54, 1.807) is 6.92 Å². The Kier molecular flexibility index (Phi) is 7.00. The van der Waals surface area contributed by atoms with Crippen LogP contribution in [0.2, 0.25) is 0 Å². The van der Waals surface area contributed by atoms with Crippen LogP contribution in [0.25, 0.3) is 0 Å². The minimum Gasteiger partial charge on any atom is -1.00 e. The van der Waals surface area contributed by atoms with Crippen LogP contribution in [0.15, 0.2) is 13.6 Å². The van der Waals surface area contributed by atoms with Crippen molar-refractivity contribution in [3.05, 3.63) is 22.1 Å². The van der Waals surface area contributed by atoms with Gasteiger partial charge in [0, 0.05) is 5.75 Å². The maximum Gasteiger partial charge on any atom is 0.519 e. The molecular weight excluding hydrogens is 256 g/mol. The van der Waals surface area contributed by atoms with Gasteiger partial charge in [-0.25, -0.2) is 9.59 Å². The average molecular weight is 268 g/mol.